The number of amides is 1. The van der Waals surface area contributed by atoms with Crippen molar-refractivity contribution in [2.24, 2.45) is 0 Å². The van der Waals surface area contributed by atoms with Gasteiger partial charge in [0.1, 0.15) is 11.2 Å². The first-order valence-electron chi connectivity index (χ1n) is 10.4. The van der Waals surface area contributed by atoms with E-state index in [1.807, 2.05) is 0 Å². The summed E-state index contributed by atoms with van der Waals surface area (Å²) in [5.74, 6) is 0.277. The number of aromatic nitrogens is 4. The second-order valence-electron chi connectivity index (χ2n) is 7.58. The molecule has 4 aromatic rings. The number of anilines is 3. The molecule has 0 saturated carbocycles. The highest BCUT2D eigenvalue weighted by molar-refractivity contribution is 6.37. The molecule has 1 aliphatic rings. The number of halogens is 2. The molecule has 5 rings (SSSR count). The SMILES string of the molecule is N=c1c2cnc(Nc3ccc4c(c3)NC(=O)C(CCO)O4)nc2[nH]c(=O)n1-c1c(Cl)cccc1Cl. The molecule has 0 bridgehead atoms. The van der Waals surface area contributed by atoms with E-state index in [9.17, 15) is 9.59 Å². The summed E-state index contributed by atoms with van der Waals surface area (Å²) in [5.41, 5.74) is 0.498. The Morgan fingerprint density at radius 1 is 1.20 bits per heavy atom. The Morgan fingerprint density at radius 2 is 1.97 bits per heavy atom. The molecule has 5 N–H and O–H groups in total. The lowest BCUT2D eigenvalue weighted by atomic mass is 10.1. The number of hydrogen-bond acceptors (Lipinski definition) is 8. The number of benzene rings is 2. The summed E-state index contributed by atoms with van der Waals surface area (Å²) >= 11 is 12.5. The zero-order valence-electron chi connectivity index (χ0n) is 17.8. The van der Waals surface area contributed by atoms with Crippen molar-refractivity contribution in [2.45, 2.75) is 12.5 Å². The van der Waals surface area contributed by atoms with E-state index in [-0.39, 0.29) is 57.1 Å². The minimum Gasteiger partial charge on any atom is -0.478 e. The van der Waals surface area contributed by atoms with Crippen molar-refractivity contribution >= 4 is 57.5 Å². The van der Waals surface area contributed by atoms with Crippen LogP contribution in [0.4, 0.5) is 17.3 Å². The Morgan fingerprint density at radius 3 is 2.71 bits per heavy atom. The van der Waals surface area contributed by atoms with E-state index in [2.05, 4.69) is 25.6 Å². The summed E-state index contributed by atoms with van der Waals surface area (Å²) in [4.78, 5) is 36.1. The Kier molecular flexibility index (Phi) is 5.89. The van der Waals surface area contributed by atoms with Gasteiger partial charge in [-0.3, -0.25) is 15.2 Å². The molecular formula is C22H17Cl2N7O4. The number of hydrogen-bond donors (Lipinski definition) is 5. The van der Waals surface area contributed by atoms with Crippen LogP contribution in [0.5, 0.6) is 5.75 Å². The fourth-order valence-electron chi connectivity index (χ4n) is 3.67. The third-order valence-corrected chi connectivity index (χ3v) is 5.91. The number of ether oxygens (including phenoxy) is 1. The van der Waals surface area contributed by atoms with E-state index in [0.717, 1.165) is 4.57 Å². The molecule has 11 nitrogen and oxygen atoms in total. The molecule has 2 aromatic carbocycles. The molecule has 0 aliphatic carbocycles. The van der Waals surface area contributed by atoms with Gasteiger partial charge in [0.05, 0.1) is 26.8 Å². The van der Waals surface area contributed by atoms with Gasteiger partial charge in [-0.1, -0.05) is 29.3 Å². The van der Waals surface area contributed by atoms with Crippen LogP contribution >= 0.6 is 23.2 Å². The van der Waals surface area contributed by atoms with Gasteiger partial charge in [-0.25, -0.2) is 14.3 Å². The van der Waals surface area contributed by atoms with Gasteiger partial charge in [0, 0.05) is 24.9 Å². The molecule has 0 fully saturated rings. The number of aromatic amines is 1. The fourth-order valence-corrected chi connectivity index (χ4v) is 4.24. The standard InChI is InChI=1S/C22H17Cl2N7O4/c23-12-2-1-3-13(24)17(12)31-18(25)11-9-26-21(29-19(11)30-22(31)34)27-10-4-5-15-14(8-10)28-20(33)16(35-15)6-7-32/h1-5,8-9,16,25,32H,6-7H2,(H,28,33)(H2,26,27,29,30,34). The number of nitrogens with zero attached hydrogens (tertiary/aromatic N) is 3. The summed E-state index contributed by atoms with van der Waals surface area (Å²) in [5, 5.41) is 24.0. The van der Waals surface area contributed by atoms with Gasteiger partial charge in [-0.2, -0.15) is 4.98 Å². The molecule has 0 saturated heterocycles. The monoisotopic (exact) mass is 513 g/mol. The number of para-hydroxylation sites is 1. The molecule has 0 spiro atoms. The normalized spacial score (nSPS) is 14.8. The molecule has 0 radical (unpaired) electrons. The van der Waals surface area contributed by atoms with Crippen molar-refractivity contribution in [3.63, 3.8) is 0 Å². The van der Waals surface area contributed by atoms with Gasteiger partial charge in [0.15, 0.2) is 11.8 Å². The molecule has 35 heavy (non-hydrogen) atoms. The molecule has 1 amide bonds. The number of carbonyl (C=O) groups is 1. The van der Waals surface area contributed by atoms with Crippen LogP contribution in [0.1, 0.15) is 6.42 Å². The maximum atomic E-state index is 12.8. The van der Waals surface area contributed by atoms with Crippen molar-refractivity contribution in [1.29, 1.82) is 5.41 Å². The van der Waals surface area contributed by atoms with Gasteiger partial charge >= 0.3 is 5.69 Å². The van der Waals surface area contributed by atoms with Crippen molar-refractivity contribution in [2.75, 3.05) is 17.2 Å². The number of H-pyrrole nitrogens is 1. The number of rotatable bonds is 5. The van der Waals surface area contributed by atoms with Crippen molar-refractivity contribution in [1.82, 2.24) is 19.5 Å². The average molecular weight is 514 g/mol. The number of fused-ring (bicyclic) bond motifs is 2. The highest BCUT2D eigenvalue weighted by Gasteiger charge is 2.27. The first-order valence-corrected chi connectivity index (χ1v) is 11.1. The van der Waals surface area contributed by atoms with E-state index < -0.39 is 11.8 Å². The Labute approximate surface area is 206 Å². The maximum Gasteiger partial charge on any atom is 0.333 e. The van der Waals surface area contributed by atoms with Crippen molar-refractivity contribution < 1.29 is 14.6 Å². The summed E-state index contributed by atoms with van der Waals surface area (Å²) in [6.07, 6.45) is 0.830. The molecule has 3 heterocycles. The van der Waals surface area contributed by atoms with E-state index in [4.69, 9.17) is 38.5 Å². The fraction of sp³-hybridized carbons (Fsp3) is 0.136. The Balaban J connectivity index is 1.48. The zero-order valence-corrected chi connectivity index (χ0v) is 19.3. The van der Waals surface area contributed by atoms with Crippen molar-refractivity contribution in [3.8, 4) is 11.4 Å². The highest BCUT2D eigenvalue weighted by atomic mass is 35.5. The number of aliphatic hydroxyl groups excluding tert-OH is 1. The number of aliphatic hydroxyl groups is 1. The predicted octanol–water partition coefficient (Wildman–Crippen LogP) is 2.72. The van der Waals surface area contributed by atoms with Gasteiger partial charge in [0.25, 0.3) is 5.91 Å². The Bertz CT molecular complexity index is 1580. The highest BCUT2D eigenvalue weighted by Crippen LogP contribution is 2.33. The molecule has 1 unspecified atom stereocenters. The number of nitrogens with one attached hydrogen (secondary N) is 4. The zero-order chi connectivity index (χ0) is 24.7. The van der Waals surface area contributed by atoms with Crippen LogP contribution in [0.2, 0.25) is 10.0 Å². The minimum absolute atomic E-state index is 0.137. The third kappa shape index (κ3) is 4.20. The number of carbonyl (C=O) groups excluding carboxylic acids is 1. The molecule has 1 atom stereocenters. The average Bonchev–Trinajstić information content (AvgIpc) is 2.81. The third-order valence-electron chi connectivity index (χ3n) is 5.30. The lowest BCUT2D eigenvalue weighted by Crippen LogP contribution is -2.37. The van der Waals surface area contributed by atoms with Crippen LogP contribution in [0.25, 0.3) is 16.7 Å². The van der Waals surface area contributed by atoms with Crippen molar-refractivity contribution in [3.05, 3.63) is 68.6 Å². The molecule has 13 heteroatoms. The largest absolute Gasteiger partial charge is 0.478 e. The summed E-state index contributed by atoms with van der Waals surface area (Å²) in [6, 6.07) is 9.80. The lowest BCUT2D eigenvalue weighted by molar-refractivity contribution is -0.124. The molecular weight excluding hydrogens is 497 g/mol. The van der Waals surface area contributed by atoms with Crippen LogP contribution < -0.4 is 26.5 Å². The van der Waals surface area contributed by atoms with Crippen LogP contribution in [-0.2, 0) is 4.79 Å². The van der Waals surface area contributed by atoms with Gasteiger partial charge < -0.3 is 20.5 Å². The summed E-state index contributed by atoms with van der Waals surface area (Å²) in [7, 11) is 0. The molecule has 1 aliphatic heterocycles. The van der Waals surface area contributed by atoms with Crippen LogP contribution in [0.15, 0.2) is 47.4 Å². The summed E-state index contributed by atoms with van der Waals surface area (Å²) < 4.78 is 6.68. The molecule has 2 aromatic heterocycles. The van der Waals surface area contributed by atoms with Crippen LogP contribution in [0.3, 0.4) is 0 Å². The first-order chi connectivity index (χ1) is 16.9. The topological polar surface area (TPSA) is 158 Å². The second kappa shape index (κ2) is 9.02. The lowest BCUT2D eigenvalue weighted by Gasteiger charge is -2.25. The first kappa shape index (κ1) is 22.8. The Hall–Kier alpha value is -3.93. The van der Waals surface area contributed by atoms with E-state index in [0.29, 0.717) is 17.1 Å². The predicted molar refractivity (Wildman–Crippen MR) is 130 cm³/mol. The summed E-state index contributed by atoms with van der Waals surface area (Å²) in [6.45, 7) is -0.167. The minimum atomic E-state index is -0.755. The smallest absolute Gasteiger partial charge is 0.333 e. The maximum absolute atomic E-state index is 12.8. The van der Waals surface area contributed by atoms with E-state index in [1.54, 1.807) is 36.4 Å². The van der Waals surface area contributed by atoms with Gasteiger partial charge in [-0.05, 0) is 30.3 Å². The molecule has 178 valence electrons. The van der Waals surface area contributed by atoms with Crippen LogP contribution in [0, 0.1) is 5.41 Å². The van der Waals surface area contributed by atoms with E-state index in [1.165, 1.54) is 6.20 Å². The quantitative estimate of drug-likeness (QED) is 0.274. The van der Waals surface area contributed by atoms with Crippen LogP contribution in [-0.4, -0.2) is 43.2 Å². The van der Waals surface area contributed by atoms with E-state index >= 15 is 0 Å². The van der Waals surface area contributed by atoms with Gasteiger partial charge in [0.2, 0.25) is 5.95 Å². The second-order valence-corrected chi connectivity index (χ2v) is 8.40. The van der Waals surface area contributed by atoms with Gasteiger partial charge in [-0.15, -0.1) is 0 Å².